The van der Waals surface area contributed by atoms with Gasteiger partial charge >= 0.3 is 0 Å². The maximum Gasteiger partial charge on any atom is 0.226 e. The van der Waals surface area contributed by atoms with Crippen molar-refractivity contribution in [3.63, 3.8) is 0 Å². The van der Waals surface area contributed by atoms with Crippen LogP contribution in [0.2, 0.25) is 0 Å². The molecule has 18 heavy (non-hydrogen) atoms. The highest BCUT2D eigenvalue weighted by Gasteiger charge is 2.43. The highest BCUT2D eigenvalue weighted by atomic mass is 16.5. The van der Waals surface area contributed by atoms with Crippen LogP contribution < -0.4 is 0 Å². The summed E-state index contributed by atoms with van der Waals surface area (Å²) in [5.74, 6) is 0.517. The third-order valence-electron chi connectivity index (χ3n) is 4.47. The molecule has 0 radical (unpaired) electrons. The van der Waals surface area contributed by atoms with Crippen LogP contribution in [0.5, 0.6) is 0 Å². The summed E-state index contributed by atoms with van der Waals surface area (Å²) in [5.41, 5.74) is 0. The average molecular weight is 252 g/mol. The van der Waals surface area contributed by atoms with E-state index in [0.29, 0.717) is 12.6 Å². The maximum absolute atomic E-state index is 12.4. The molecule has 2 unspecified atom stereocenters. The van der Waals surface area contributed by atoms with Gasteiger partial charge in [0.15, 0.2) is 0 Å². The number of carbonyl (C=O) groups excluding carboxylic acids is 2. The molecule has 5 nitrogen and oxygen atoms in total. The van der Waals surface area contributed by atoms with Gasteiger partial charge in [0.25, 0.3) is 0 Å². The summed E-state index contributed by atoms with van der Waals surface area (Å²) < 4.78 is 5.52. The minimum atomic E-state index is 0.111. The van der Waals surface area contributed by atoms with Gasteiger partial charge in [0, 0.05) is 32.5 Å². The van der Waals surface area contributed by atoms with Crippen LogP contribution in [-0.4, -0.2) is 60.0 Å². The van der Waals surface area contributed by atoms with Gasteiger partial charge < -0.3 is 14.5 Å². The molecular weight excluding hydrogens is 232 g/mol. The molecule has 0 aromatic heterocycles. The molecule has 100 valence electrons. The summed E-state index contributed by atoms with van der Waals surface area (Å²) in [6.45, 7) is 4.53. The average Bonchev–Trinajstić information content (AvgIpc) is 3.00. The monoisotopic (exact) mass is 252 g/mol. The molecule has 0 aromatic carbocycles. The summed E-state index contributed by atoms with van der Waals surface area (Å²) in [4.78, 5) is 27.5. The Hall–Kier alpha value is -1.10. The van der Waals surface area contributed by atoms with E-state index in [-0.39, 0.29) is 23.8 Å². The van der Waals surface area contributed by atoms with Gasteiger partial charge in [-0.05, 0) is 19.3 Å². The van der Waals surface area contributed by atoms with Crippen LogP contribution in [0.3, 0.4) is 0 Å². The highest BCUT2D eigenvalue weighted by Crippen LogP contribution is 2.31. The highest BCUT2D eigenvalue weighted by molar-refractivity contribution is 5.80. The summed E-state index contributed by atoms with van der Waals surface area (Å²) in [6, 6.07) is 0.313. The number of piperidine rings is 1. The van der Waals surface area contributed by atoms with E-state index < -0.39 is 0 Å². The van der Waals surface area contributed by atoms with Crippen LogP contribution in [0.25, 0.3) is 0 Å². The van der Waals surface area contributed by atoms with Crippen LogP contribution in [-0.2, 0) is 14.3 Å². The first kappa shape index (κ1) is 12.0. The van der Waals surface area contributed by atoms with Crippen molar-refractivity contribution in [2.75, 3.05) is 26.2 Å². The lowest BCUT2D eigenvalue weighted by Crippen LogP contribution is -2.47. The first-order chi connectivity index (χ1) is 8.65. The number of likely N-dealkylation sites (tertiary alicyclic amines) is 2. The third-order valence-corrected chi connectivity index (χ3v) is 4.47. The summed E-state index contributed by atoms with van der Waals surface area (Å²) in [5, 5.41) is 0. The lowest BCUT2D eigenvalue weighted by Gasteiger charge is -2.35. The minimum absolute atomic E-state index is 0.111. The normalized spacial score (nSPS) is 32.1. The topological polar surface area (TPSA) is 49.9 Å². The van der Waals surface area contributed by atoms with Crippen LogP contribution in [0, 0.1) is 5.92 Å². The molecule has 0 saturated carbocycles. The third kappa shape index (κ3) is 2.00. The Labute approximate surface area is 107 Å². The number of fused-ring (bicyclic) bond motifs is 2. The number of morpholine rings is 1. The van der Waals surface area contributed by atoms with Crippen LogP contribution in [0.15, 0.2) is 0 Å². The lowest BCUT2D eigenvalue weighted by atomic mass is 9.95. The summed E-state index contributed by atoms with van der Waals surface area (Å²) >= 11 is 0. The second-order valence-corrected chi connectivity index (χ2v) is 5.62. The summed E-state index contributed by atoms with van der Waals surface area (Å²) in [7, 11) is 0. The van der Waals surface area contributed by atoms with Gasteiger partial charge in [-0.15, -0.1) is 0 Å². The van der Waals surface area contributed by atoms with Crippen LogP contribution in [0.4, 0.5) is 0 Å². The maximum atomic E-state index is 12.4. The number of carbonyl (C=O) groups is 2. The number of hydrogen-bond donors (Lipinski definition) is 0. The molecule has 0 spiro atoms. The van der Waals surface area contributed by atoms with Gasteiger partial charge in [-0.3, -0.25) is 9.59 Å². The zero-order valence-corrected chi connectivity index (χ0v) is 10.8. The second kappa shape index (κ2) is 4.53. The number of rotatable bonds is 1. The molecule has 3 aliphatic rings. The van der Waals surface area contributed by atoms with E-state index in [1.54, 1.807) is 6.92 Å². The van der Waals surface area contributed by atoms with E-state index in [9.17, 15) is 9.59 Å². The quantitative estimate of drug-likeness (QED) is 0.672. The number of nitrogens with zero attached hydrogens (tertiary/aromatic N) is 2. The Bertz CT molecular complexity index is 363. The van der Waals surface area contributed by atoms with E-state index in [1.165, 1.54) is 0 Å². The number of ether oxygens (including phenoxy) is 1. The molecule has 2 amide bonds. The van der Waals surface area contributed by atoms with Gasteiger partial charge in [0.1, 0.15) is 0 Å². The van der Waals surface area contributed by atoms with E-state index in [2.05, 4.69) is 0 Å². The molecule has 3 aliphatic heterocycles. The van der Waals surface area contributed by atoms with Crippen molar-refractivity contribution >= 4 is 11.8 Å². The Morgan fingerprint density at radius 2 is 1.94 bits per heavy atom. The fourth-order valence-electron chi connectivity index (χ4n) is 3.35. The molecular formula is C13H20N2O3. The van der Waals surface area contributed by atoms with Gasteiger partial charge in [-0.1, -0.05) is 0 Å². The largest absolute Gasteiger partial charge is 0.374 e. The number of amides is 2. The fourth-order valence-corrected chi connectivity index (χ4v) is 3.35. The van der Waals surface area contributed by atoms with E-state index in [0.717, 1.165) is 38.9 Å². The Balaban J connectivity index is 1.56. The molecule has 0 aromatic rings. The van der Waals surface area contributed by atoms with Gasteiger partial charge in [-0.25, -0.2) is 0 Å². The molecule has 0 aliphatic carbocycles. The Morgan fingerprint density at radius 1 is 1.22 bits per heavy atom. The summed E-state index contributed by atoms with van der Waals surface area (Å²) in [6.07, 6.45) is 2.91. The fraction of sp³-hybridized carbons (Fsp3) is 0.846. The minimum Gasteiger partial charge on any atom is -0.374 e. The van der Waals surface area contributed by atoms with Crippen molar-refractivity contribution in [2.45, 2.75) is 38.3 Å². The van der Waals surface area contributed by atoms with E-state index in [4.69, 9.17) is 4.74 Å². The van der Waals surface area contributed by atoms with Crippen LogP contribution >= 0.6 is 0 Å². The smallest absolute Gasteiger partial charge is 0.226 e. The Kier molecular flexibility index (Phi) is 3.01. The molecule has 0 N–H and O–H groups in total. The molecule has 5 heteroatoms. The van der Waals surface area contributed by atoms with Gasteiger partial charge in [-0.2, -0.15) is 0 Å². The number of hydrogen-bond acceptors (Lipinski definition) is 3. The SMILES string of the molecule is CC(=O)N1CCC(C(=O)N2CC3CC2CO3)CC1. The molecule has 3 heterocycles. The van der Waals surface area contributed by atoms with Crippen molar-refractivity contribution in [2.24, 2.45) is 5.92 Å². The van der Waals surface area contributed by atoms with Crippen molar-refractivity contribution in [3.05, 3.63) is 0 Å². The predicted molar refractivity (Wildman–Crippen MR) is 64.8 cm³/mol. The van der Waals surface area contributed by atoms with Crippen molar-refractivity contribution in [1.29, 1.82) is 0 Å². The molecule has 2 bridgehead atoms. The molecule has 2 atom stereocenters. The van der Waals surface area contributed by atoms with Crippen molar-refractivity contribution in [1.82, 2.24) is 9.80 Å². The zero-order valence-electron chi connectivity index (χ0n) is 10.8. The molecule has 3 fully saturated rings. The second-order valence-electron chi connectivity index (χ2n) is 5.62. The van der Waals surface area contributed by atoms with Crippen molar-refractivity contribution in [3.8, 4) is 0 Å². The van der Waals surface area contributed by atoms with Gasteiger partial charge in [0.05, 0.1) is 18.8 Å². The lowest BCUT2D eigenvalue weighted by molar-refractivity contribution is -0.143. The molecule has 3 saturated heterocycles. The van der Waals surface area contributed by atoms with Gasteiger partial charge in [0.2, 0.25) is 11.8 Å². The zero-order chi connectivity index (χ0) is 12.7. The van der Waals surface area contributed by atoms with Crippen LogP contribution in [0.1, 0.15) is 26.2 Å². The van der Waals surface area contributed by atoms with Crippen molar-refractivity contribution < 1.29 is 14.3 Å². The Morgan fingerprint density at radius 3 is 2.44 bits per heavy atom. The predicted octanol–water partition coefficient (Wildman–Crippen LogP) is 0.245. The van der Waals surface area contributed by atoms with E-state index in [1.807, 2.05) is 9.80 Å². The first-order valence-electron chi connectivity index (χ1n) is 6.82. The standard InChI is InChI=1S/C13H20N2O3/c1-9(16)14-4-2-10(3-5-14)13(17)15-7-12-6-11(15)8-18-12/h10-12H,2-8H2,1H3. The first-order valence-corrected chi connectivity index (χ1v) is 6.82. The molecule has 3 rings (SSSR count). The van der Waals surface area contributed by atoms with E-state index >= 15 is 0 Å².